The maximum Gasteiger partial charge on any atom is 0.160 e. The summed E-state index contributed by atoms with van der Waals surface area (Å²) in [5.41, 5.74) is 36.7. The fourth-order valence-corrected chi connectivity index (χ4v) is 25.2. The third kappa shape index (κ3) is 14.3. The van der Waals surface area contributed by atoms with Crippen LogP contribution in [-0.2, 0) is 16.2 Å². The Morgan fingerprint density at radius 3 is 0.826 bits per heavy atom. The number of rotatable bonds is 12. The van der Waals surface area contributed by atoms with E-state index in [9.17, 15) is 0 Å². The first-order valence-corrected chi connectivity index (χ1v) is 49.6. The Labute approximate surface area is 813 Å². The molecule has 7 aromatic heterocycles. The molecule has 0 saturated heterocycles. The smallest absolute Gasteiger partial charge is 0.160 e. The number of pyridine rings is 1. The monoisotopic (exact) mass is 1820 g/mol. The van der Waals surface area contributed by atoms with E-state index in [1.807, 2.05) is 58.4 Å². The van der Waals surface area contributed by atoms with Crippen LogP contribution < -0.4 is 0 Å². The topological polar surface area (TPSA) is 90.2 Å². The van der Waals surface area contributed by atoms with E-state index in [0.717, 1.165) is 102 Å². The molecule has 17 aromatic carbocycles. The molecule has 24 aromatic rings. The SMILES string of the molecule is CC1(C)c2ccccc2-c2nc(-c3ccc(-c4ccccc4)cc3)nc(-c3cccc(-c4cccc5c4sc4ccccc45)c3)c21.CC1(C)c2ccccc2-c2nc(-c3ccc(-c4ccccn4)cc3)nc(-c3cccc(-c4cccc5c4sc4ccccc45)c3)c21.CC1(C)c2ccccc2-c2nc(-c3cccc(-c4ccccc4)c3)nc(-c3cccc(-c4cccc5c4sc4ccccc45)c3)c21. The lowest BCUT2D eigenvalue weighted by Gasteiger charge is -2.24. The van der Waals surface area contributed by atoms with Crippen molar-refractivity contribution in [3.8, 4) is 169 Å². The van der Waals surface area contributed by atoms with Gasteiger partial charge in [0.15, 0.2) is 17.5 Å². The van der Waals surface area contributed by atoms with Crippen molar-refractivity contribution < 1.29 is 0 Å². The lowest BCUT2D eigenvalue weighted by Crippen LogP contribution is -2.17. The molecule has 3 aliphatic carbocycles. The molecule has 7 heterocycles. The quantitative estimate of drug-likeness (QED) is 0.120. The molecule has 0 N–H and O–H groups in total. The molecule has 138 heavy (non-hydrogen) atoms. The molecule has 654 valence electrons. The summed E-state index contributed by atoms with van der Waals surface area (Å²) in [6, 6.07) is 152. The van der Waals surface area contributed by atoms with Gasteiger partial charge in [0.2, 0.25) is 0 Å². The van der Waals surface area contributed by atoms with Gasteiger partial charge >= 0.3 is 0 Å². The molecule has 3 aliphatic rings. The Balaban J connectivity index is 0.000000110. The van der Waals surface area contributed by atoms with Crippen molar-refractivity contribution in [2.45, 2.75) is 57.8 Å². The first-order chi connectivity index (χ1) is 67.7. The van der Waals surface area contributed by atoms with E-state index in [-0.39, 0.29) is 16.2 Å². The fraction of sp³-hybridized carbons (Fsp3) is 0.0703. The maximum atomic E-state index is 5.42. The normalized spacial score (nSPS) is 13.2. The number of fused-ring (bicyclic) bond motifs is 18. The first kappa shape index (κ1) is 83.6. The Hall–Kier alpha value is -16.2. The zero-order valence-corrected chi connectivity index (χ0v) is 79.3. The second-order valence-corrected chi connectivity index (χ2v) is 40.8. The standard InChI is InChI=1S/2C43H30N2S.C42H29N3S/c1-43(2)36-23-8-6-20-35(36)40-38(43)39(44-42(45-40)31-18-10-15-28(25-31)27-13-4-3-5-14-27)30-17-11-16-29(26-30)32-21-12-22-34-33-19-7-9-24-37(33)46-41(32)34;1-43(2)36-20-8-6-17-35(36)40-38(43)39(44-42(45-40)29-24-22-28(23-25-29)27-12-4-3-5-13-27)31-15-10-14-30(26-31)32-18-11-19-34-33-16-7-9-21-37(33)46-41(32)34;1-42(2)34-17-5-3-14-33(34)39-37(42)38(44-41(45-39)27-22-20-26(21-23-27)35-18-7-8-24-43-35)29-12-9-11-28(25-29)30-15-10-16-32-31-13-4-6-19-36(31)46-40(30)32/h2*3-26H,1-2H3;3-25H,1-2H3. The minimum absolute atomic E-state index is 0.238. The van der Waals surface area contributed by atoms with E-state index >= 15 is 0 Å². The lowest BCUT2D eigenvalue weighted by atomic mass is 9.80. The second-order valence-electron chi connectivity index (χ2n) is 37.6. The van der Waals surface area contributed by atoms with Crippen molar-refractivity contribution in [3.05, 3.63) is 464 Å². The van der Waals surface area contributed by atoms with Crippen molar-refractivity contribution in [1.82, 2.24) is 34.9 Å². The summed E-state index contributed by atoms with van der Waals surface area (Å²) < 4.78 is 7.90. The maximum absolute atomic E-state index is 5.42. The van der Waals surface area contributed by atoms with Gasteiger partial charge in [-0.05, 0) is 127 Å². The zero-order chi connectivity index (χ0) is 92.5. The molecular formula is C128H89N7S3. The van der Waals surface area contributed by atoms with E-state index in [2.05, 4.69) is 453 Å². The number of nitrogens with zero attached hydrogens (tertiary/aromatic N) is 7. The van der Waals surface area contributed by atoms with Gasteiger partial charge in [-0.25, -0.2) is 29.9 Å². The van der Waals surface area contributed by atoms with Crippen LogP contribution in [0.1, 0.15) is 74.9 Å². The van der Waals surface area contributed by atoms with Crippen molar-refractivity contribution in [2.75, 3.05) is 0 Å². The predicted octanol–water partition coefficient (Wildman–Crippen LogP) is 34.9. The Bertz CT molecular complexity index is 8630. The number of hydrogen-bond acceptors (Lipinski definition) is 10. The molecule has 0 saturated carbocycles. The number of aromatic nitrogens is 7. The van der Waals surface area contributed by atoms with Gasteiger partial charge < -0.3 is 0 Å². The van der Waals surface area contributed by atoms with E-state index in [4.69, 9.17) is 29.9 Å². The second kappa shape index (κ2) is 33.7. The van der Waals surface area contributed by atoms with E-state index in [1.165, 1.54) is 161 Å². The molecular weight excluding hydrogens is 1730 g/mol. The highest BCUT2D eigenvalue weighted by Gasteiger charge is 2.44. The summed E-state index contributed by atoms with van der Waals surface area (Å²) in [5.74, 6) is 2.22. The summed E-state index contributed by atoms with van der Waals surface area (Å²) in [6.07, 6.45) is 1.83. The molecule has 7 nitrogen and oxygen atoms in total. The Morgan fingerprint density at radius 2 is 0.442 bits per heavy atom. The van der Waals surface area contributed by atoms with Crippen LogP contribution in [0.4, 0.5) is 0 Å². The summed E-state index contributed by atoms with van der Waals surface area (Å²) in [4.78, 5) is 36.6. The molecule has 0 amide bonds. The van der Waals surface area contributed by atoms with Crippen molar-refractivity contribution in [2.24, 2.45) is 0 Å². The summed E-state index contributed by atoms with van der Waals surface area (Å²) in [6.45, 7) is 13.8. The van der Waals surface area contributed by atoms with Crippen LogP contribution in [0.5, 0.6) is 0 Å². The van der Waals surface area contributed by atoms with Crippen LogP contribution in [0.3, 0.4) is 0 Å². The molecule has 0 fully saturated rings. The first-order valence-electron chi connectivity index (χ1n) is 47.1. The van der Waals surface area contributed by atoms with Crippen LogP contribution in [0.25, 0.3) is 229 Å². The van der Waals surface area contributed by atoms with Crippen LogP contribution in [0.2, 0.25) is 0 Å². The average molecular weight is 1820 g/mol. The van der Waals surface area contributed by atoms with Gasteiger partial charge in [-0.2, -0.15) is 0 Å². The predicted molar refractivity (Wildman–Crippen MR) is 580 cm³/mol. The van der Waals surface area contributed by atoms with Crippen LogP contribution in [-0.4, -0.2) is 34.9 Å². The molecule has 0 atom stereocenters. The Morgan fingerprint density at radius 1 is 0.181 bits per heavy atom. The van der Waals surface area contributed by atoms with Crippen LogP contribution in [0, 0.1) is 0 Å². The van der Waals surface area contributed by atoms with Crippen LogP contribution in [0.15, 0.2) is 431 Å². The van der Waals surface area contributed by atoms with Gasteiger partial charge in [-0.15, -0.1) is 34.0 Å². The van der Waals surface area contributed by atoms with Gasteiger partial charge in [0.25, 0.3) is 0 Å². The molecule has 0 bridgehead atoms. The Kier molecular flexibility index (Phi) is 20.4. The number of thiophene rings is 3. The number of hydrogen-bond donors (Lipinski definition) is 0. The van der Waals surface area contributed by atoms with E-state index < -0.39 is 0 Å². The third-order valence-electron chi connectivity index (χ3n) is 28.3. The van der Waals surface area contributed by atoms with Gasteiger partial charge in [0.1, 0.15) is 0 Å². The zero-order valence-electron chi connectivity index (χ0n) is 76.8. The highest BCUT2D eigenvalue weighted by molar-refractivity contribution is 7.27. The largest absolute Gasteiger partial charge is 0.256 e. The minimum Gasteiger partial charge on any atom is -0.256 e. The highest BCUT2D eigenvalue weighted by Crippen LogP contribution is 2.57. The lowest BCUT2D eigenvalue weighted by molar-refractivity contribution is 0.657. The van der Waals surface area contributed by atoms with Gasteiger partial charge in [0.05, 0.1) is 39.9 Å². The molecule has 0 unspecified atom stereocenters. The molecule has 0 spiro atoms. The molecule has 10 heteroatoms. The van der Waals surface area contributed by atoms with Gasteiger partial charge in [-0.1, -0.05) is 412 Å². The van der Waals surface area contributed by atoms with Gasteiger partial charge in [-0.3, -0.25) is 4.98 Å². The number of benzene rings is 17. The van der Waals surface area contributed by atoms with Crippen LogP contribution >= 0.6 is 34.0 Å². The van der Waals surface area contributed by atoms with Crippen molar-refractivity contribution >= 4 is 94.5 Å². The average Bonchev–Trinajstić information content (AvgIpc) is 1.57. The molecule has 0 radical (unpaired) electrons. The minimum atomic E-state index is -0.246. The third-order valence-corrected chi connectivity index (χ3v) is 32.0. The van der Waals surface area contributed by atoms with E-state index in [0.29, 0.717) is 0 Å². The molecule has 0 aliphatic heterocycles. The highest BCUT2D eigenvalue weighted by atomic mass is 32.1. The van der Waals surface area contributed by atoms with Crippen molar-refractivity contribution in [3.63, 3.8) is 0 Å². The van der Waals surface area contributed by atoms with E-state index in [1.54, 1.807) is 0 Å². The van der Waals surface area contributed by atoms with Gasteiger partial charge in [0, 0.05) is 155 Å². The molecule has 27 rings (SSSR count). The summed E-state index contributed by atoms with van der Waals surface area (Å²) >= 11 is 5.61. The summed E-state index contributed by atoms with van der Waals surface area (Å²) in [5, 5.41) is 7.87. The fourth-order valence-electron chi connectivity index (χ4n) is 21.5. The van der Waals surface area contributed by atoms with Crippen molar-refractivity contribution in [1.29, 1.82) is 0 Å². The summed E-state index contributed by atoms with van der Waals surface area (Å²) in [7, 11) is 0.